The third-order valence-corrected chi connectivity index (χ3v) is 12.5. The van der Waals surface area contributed by atoms with Gasteiger partial charge in [0.2, 0.25) is 5.91 Å². The van der Waals surface area contributed by atoms with E-state index in [9.17, 15) is 19.8 Å². The van der Waals surface area contributed by atoms with E-state index < -0.39 is 18.2 Å². The van der Waals surface area contributed by atoms with Crippen LogP contribution in [0.25, 0.3) is 0 Å². The van der Waals surface area contributed by atoms with Crippen molar-refractivity contribution >= 4 is 11.9 Å². The van der Waals surface area contributed by atoms with Crippen molar-refractivity contribution in [3.63, 3.8) is 0 Å². The Bertz CT molecular complexity index is 1020. The smallest absolute Gasteiger partial charge is 0.306 e. The molecule has 0 rings (SSSR count). The van der Waals surface area contributed by atoms with E-state index in [2.05, 4.69) is 62.5 Å². The molecule has 0 spiro atoms. The maximum atomic E-state index is 13.2. The number of hydrogen-bond donors (Lipinski definition) is 3. The molecule has 0 radical (unpaired) electrons. The van der Waals surface area contributed by atoms with Gasteiger partial charge < -0.3 is 20.3 Å². The predicted octanol–water partition coefficient (Wildman–Crippen LogP) is 16.5. The van der Waals surface area contributed by atoms with Crippen molar-refractivity contribution in [1.82, 2.24) is 5.32 Å². The molecule has 62 heavy (non-hydrogen) atoms. The summed E-state index contributed by atoms with van der Waals surface area (Å²) >= 11 is 0. The molecule has 0 saturated carbocycles. The van der Waals surface area contributed by atoms with E-state index in [-0.39, 0.29) is 24.9 Å². The van der Waals surface area contributed by atoms with Gasteiger partial charge in [-0.15, -0.1) is 0 Å². The highest BCUT2D eigenvalue weighted by atomic mass is 16.5. The lowest BCUT2D eigenvalue weighted by molar-refractivity contribution is -0.151. The van der Waals surface area contributed by atoms with Crippen molar-refractivity contribution in [1.29, 1.82) is 0 Å². The van der Waals surface area contributed by atoms with Crippen LogP contribution < -0.4 is 5.32 Å². The van der Waals surface area contributed by atoms with Crippen molar-refractivity contribution < 1.29 is 24.5 Å². The van der Waals surface area contributed by atoms with Gasteiger partial charge in [0, 0.05) is 6.42 Å². The summed E-state index contributed by atoms with van der Waals surface area (Å²) in [5.41, 5.74) is 0. The monoisotopic (exact) mass is 872 g/mol. The first-order valence-corrected chi connectivity index (χ1v) is 27.2. The number of unbranched alkanes of at least 4 members (excludes halogenated alkanes) is 31. The highest BCUT2D eigenvalue weighted by Crippen LogP contribution is 2.18. The maximum absolute atomic E-state index is 13.2. The van der Waals surface area contributed by atoms with E-state index in [0.717, 1.165) is 83.5 Å². The van der Waals surface area contributed by atoms with Gasteiger partial charge in [-0.2, -0.15) is 0 Å². The number of amides is 1. The Labute approximate surface area is 385 Å². The van der Waals surface area contributed by atoms with Gasteiger partial charge in [0.05, 0.1) is 25.2 Å². The highest BCUT2D eigenvalue weighted by Gasteiger charge is 2.24. The topological polar surface area (TPSA) is 95.9 Å². The van der Waals surface area contributed by atoms with Crippen LogP contribution in [0.3, 0.4) is 0 Å². The largest absolute Gasteiger partial charge is 0.462 e. The lowest BCUT2D eigenvalue weighted by atomic mass is 10.0. The molecule has 0 aromatic carbocycles. The quantitative estimate of drug-likeness (QED) is 0.0321. The maximum Gasteiger partial charge on any atom is 0.306 e. The first-order valence-electron chi connectivity index (χ1n) is 27.2. The number of rotatable bonds is 49. The number of ether oxygens (including phenoxy) is 1. The second-order valence-electron chi connectivity index (χ2n) is 18.6. The minimum absolute atomic E-state index is 0.0665. The fraction of sp³-hybridized carbons (Fsp3) is 0.857. The fourth-order valence-corrected chi connectivity index (χ4v) is 8.39. The summed E-state index contributed by atoms with van der Waals surface area (Å²) in [5.74, 6) is -0.484. The third-order valence-electron chi connectivity index (χ3n) is 12.5. The molecule has 6 nitrogen and oxygen atoms in total. The molecule has 0 heterocycles. The average molecular weight is 872 g/mol. The van der Waals surface area contributed by atoms with Crippen LogP contribution in [0.4, 0.5) is 0 Å². The van der Waals surface area contributed by atoms with Crippen LogP contribution in [0.2, 0.25) is 0 Å². The highest BCUT2D eigenvalue weighted by molar-refractivity contribution is 5.77. The van der Waals surface area contributed by atoms with Gasteiger partial charge in [-0.05, 0) is 57.8 Å². The van der Waals surface area contributed by atoms with Crippen LogP contribution in [0.15, 0.2) is 36.5 Å². The van der Waals surface area contributed by atoms with Crippen molar-refractivity contribution in [2.24, 2.45) is 0 Å². The zero-order valence-electron chi connectivity index (χ0n) is 41.5. The lowest BCUT2D eigenvalue weighted by Gasteiger charge is -2.24. The van der Waals surface area contributed by atoms with Gasteiger partial charge in [-0.3, -0.25) is 9.59 Å². The number of esters is 1. The number of hydrogen-bond acceptors (Lipinski definition) is 5. The normalized spacial score (nSPS) is 13.4. The summed E-state index contributed by atoms with van der Waals surface area (Å²) < 4.78 is 5.93. The van der Waals surface area contributed by atoms with Crippen LogP contribution in [0.5, 0.6) is 0 Å². The van der Waals surface area contributed by atoms with Gasteiger partial charge in [0.1, 0.15) is 6.10 Å². The SMILES string of the molecule is CC/C=C/C/C=C/C/C=C/CCCCCCC(CC(=O)NC(CO)C(O)CCCCCCCCCCCCCCCCCCC)OC(=O)CCCCCCCCCCCCCC. The zero-order chi connectivity index (χ0) is 45.2. The Balaban J connectivity index is 4.52. The molecule has 6 heteroatoms. The molecule has 0 aliphatic carbocycles. The van der Waals surface area contributed by atoms with E-state index in [1.807, 2.05) is 0 Å². The Morgan fingerprint density at radius 1 is 0.484 bits per heavy atom. The van der Waals surface area contributed by atoms with Crippen LogP contribution >= 0.6 is 0 Å². The summed E-state index contributed by atoms with van der Waals surface area (Å²) in [5, 5.41) is 23.8. The fourth-order valence-electron chi connectivity index (χ4n) is 8.39. The van der Waals surface area contributed by atoms with Gasteiger partial charge in [-0.25, -0.2) is 0 Å². The second kappa shape index (κ2) is 50.1. The molecule has 0 aromatic rings. The number of carbonyl (C=O) groups is 2. The Kier molecular flexibility index (Phi) is 48.5. The second-order valence-corrected chi connectivity index (χ2v) is 18.6. The number of aliphatic hydroxyl groups is 2. The molecule has 0 aliphatic heterocycles. The van der Waals surface area contributed by atoms with Crippen molar-refractivity contribution in [3.05, 3.63) is 36.5 Å². The molecule has 0 bridgehead atoms. The molecule has 3 N–H and O–H groups in total. The molecule has 1 amide bonds. The summed E-state index contributed by atoms with van der Waals surface area (Å²) in [7, 11) is 0. The molecule has 3 atom stereocenters. The molecule has 0 aliphatic rings. The van der Waals surface area contributed by atoms with E-state index in [1.165, 1.54) is 154 Å². The third kappa shape index (κ3) is 44.7. The van der Waals surface area contributed by atoms with E-state index in [4.69, 9.17) is 4.74 Å². The summed E-state index contributed by atoms with van der Waals surface area (Å²) in [6.45, 7) is 6.39. The van der Waals surface area contributed by atoms with E-state index >= 15 is 0 Å². The Morgan fingerprint density at radius 2 is 0.871 bits per heavy atom. The molecule has 3 unspecified atom stereocenters. The van der Waals surface area contributed by atoms with Crippen LogP contribution in [-0.2, 0) is 14.3 Å². The lowest BCUT2D eigenvalue weighted by Crippen LogP contribution is -2.46. The minimum atomic E-state index is -0.792. The number of carbonyl (C=O) groups excluding carboxylic acids is 2. The Hall–Kier alpha value is -1.92. The average Bonchev–Trinajstić information content (AvgIpc) is 3.26. The van der Waals surface area contributed by atoms with Crippen molar-refractivity contribution in [2.75, 3.05) is 6.61 Å². The zero-order valence-corrected chi connectivity index (χ0v) is 41.5. The predicted molar refractivity (Wildman–Crippen MR) is 269 cm³/mol. The minimum Gasteiger partial charge on any atom is -0.462 e. The van der Waals surface area contributed by atoms with Crippen LogP contribution in [0.1, 0.15) is 284 Å². The number of nitrogens with one attached hydrogen (secondary N) is 1. The Morgan fingerprint density at radius 3 is 1.32 bits per heavy atom. The summed E-state index contributed by atoms with van der Waals surface area (Å²) in [6.07, 6.45) is 59.2. The molecule has 0 saturated heterocycles. The van der Waals surface area contributed by atoms with E-state index in [1.54, 1.807) is 0 Å². The van der Waals surface area contributed by atoms with Gasteiger partial charge in [0.25, 0.3) is 0 Å². The first-order chi connectivity index (χ1) is 30.5. The van der Waals surface area contributed by atoms with Crippen molar-refractivity contribution in [3.8, 4) is 0 Å². The van der Waals surface area contributed by atoms with E-state index in [0.29, 0.717) is 19.3 Å². The standard InChI is InChI=1S/C56H105NO5/c1-4-7-10-13-16-19-22-25-27-28-29-31-33-36-39-42-45-48-54(59)53(51-58)57-55(60)50-52(47-44-41-38-35-32-30-26-23-20-17-14-11-8-5-2)62-56(61)49-46-43-40-37-34-24-21-18-15-12-9-6-3/h8,11,17,20,26,30,52-54,58-59H,4-7,9-10,12-16,18-19,21-25,27-29,31-51H2,1-3H3,(H,57,60)/b11-8+,20-17+,30-26+. The molecule has 0 aromatic heterocycles. The van der Waals surface area contributed by atoms with Gasteiger partial charge in [-0.1, -0.05) is 250 Å². The van der Waals surface area contributed by atoms with Crippen molar-refractivity contribution in [2.45, 2.75) is 302 Å². The molecule has 364 valence electrons. The number of aliphatic hydroxyl groups excluding tert-OH is 2. The summed E-state index contributed by atoms with van der Waals surface area (Å²) in [4.78, 5) is 26.2. The van der Waals surface area contributed by atoms with Crippen LogP contribution in [-0.4, -0.2) is 46.9 Å². The van der Waals surface area contributed by atoms with Gasteiger partial charge in [0.15, 0.2) is 0 Å². The van der Waals surface area contributed by atoms with Crippen LogP contribution in [0, 0.1) is 0 Å². The van der Waals surface area contributed by atoms with Gasteiger partial charge >= 0.3 is 5.97 Å². The summed E-state index contributed by atoms with van der Waals surface area (Å²) in [6, 6.07) is -0.706. The first kappa shape index (κ1) is 60.1. The molecular formula is C56H105NO5. The molecule has 0 fully saturated rings. The number of allylic oxidation sites excluding steroid dienone is 6. The molecular weight excluding hydrogens is 767 g/mol.